The van der Waals surface area contributed by atoms with Crippen LogP contribution in [0.3, 0.4) is 0 Å². The summed E-state index contributed by atoms with van der Waals surface area (Å²) in [4.78, 5) is 0. The highest BCUT2D eigenvalue weighted by atomic mass is 16.5. The van der Waals surface area contributed by atoms with Crippen LogP contribution in [0.15, 0.2) is 24.8 Å². The van der Waals surface area contributed by atoms with Crippen LogP contribution in [0.5, 0.6) is 11.5 Å². The number of ether oxygens (including phenoxy) is 1. The lowest BCUT2D eigenvalue weighted by Crippen LogP contribution is -2.10. The largest absolute Gasteiger partial charge is 0.508 e. The van der Waals surface area contributed by atoms with Gasteiger partial charge in [-0.25, -0.2) is 0 Å². The summed E-state index contributed by atoms with van der Waals surface area (Å²) in [5.74, 6) is 1.30. The Kier molecular flexibility index (Phi) is 3.25. The molecule has 0 saturated heterocycles. The number of hydrogen-bond donors (Lipinski definition) is 1. The van der Waals surface area contributed by atoms with Gasteiger partial charge in [-0.05, 0) is 77.8 Å². The quantitative estimate of drug-likeness (QED) is 0.882. The van der Waals surface area contributed by atoms with Gasteiger partial charge >= 0.3 is 0 Å². The third-order valence-electron chi connectivity index (χ3n) is 4.60. The number of methoxy groups -OCH3 is 1. The maximum absolute atomic E-state index is 9.95. The second kappa shape index (κ2) is 4.96. The van der Waals surface area contributed by atoms with Crippen molar-refractivity contribution in [2.45, 2.75) is 26.7 Å². The number of aromatic hydroxyl groups is 1. The molecule has 0 spiro atoms. The minimum Gasteiger partial charge on any atom is -0.508 e. The van der Waals surface area contributed by atoms with E-state index in [0.717, 1.165) is 29.7 Å². The number of phenols is 1. The third kappa shape index (κ3) is 1.94. The lowest BCUT2D eigenvalue weighted by atomic mass is 9.79. The van der Waals surface area contributed by atoms with Crippen LogP contribution in [0.4, 0.5) is 0 Å². The SMILES string of the molecule is C=Cc1cc(OC)c(C)c2c1-c1ccc(O)c(C)c1CC2. The van der Waals surface area contributed by atoms with E-state index in [1.54, 1.807) is 13.2 Å². The number of rotatable bonds is 2. The van der Waals surface area contributed by atoms with E-state index in [1.165, 1.54) is 27.8 Å². The van der Waals surface area contributed by atoms with E-state index in [-0.39, 0.29) is 0 Å². The fraction of sp³-hybridized carbons (Fsp3) is 0.263. The average Bonchev–Trinajstić information content (AvgIpc) is 2.51. The van der Waals surface area contributed by atoms with Crippen LogP contribution in [0, 0.1) is 13.8 Å². The highest BCUT2D eigenvalue weighted by Gasteiger charge is 2.24. The molecule has 0 atom stereocenters. The van der Waals surface area contributed by atoms with Crippen LogP contribution >= 0.6 is 0 Å². The summed E-state index contributed by atoms with van der Waals surface area (Å²) >= 11 is 0. The van der Waals surface area contributed by atoms with E-state index < -0.39 is 0 Å². The molecule has 0 radical (unpaired) electrons. The molecule has 2 nitrogen and oxygen atoms in total. The fourth-order valence-corrected chi connectivity index (χ4v) is 3.39. The highest BCUT2D eigenvalue weighted by molar-refractivity contribution is 5.84. The van der Waals surface area contributed by atoms with Gasteiger partial charge in [0, 0.05) is 0 Å². The first-order valence-corrected chi connectivity index (χ1v) is 7.23. The molecule has 0 aromatic heterocycles. The molecule has 2 aromatic carbocycles. The molecule has 0 saturated carbocycles. The predicted molar refractivity (Wildman–Crippen MR) is 87.1 cm³/mol. The van der Waals surface area contributed by atoms with Gasteiger partial charge in [-0.1, -0.05) is 18.7 Å². The van der Waals surface area contributed by atoms with Gasteiger partial charge in [0.05, 0.1) is 7.11 Å². The molecule has 1 aliphatic rings. The van der Waals surface area contributed by atoms with E-state index in [2.05, 4.69) is 19.6 Å². The Morgan fingerprint density at radius 2 is 1.86 bits per heavy atom. The normalized spacial score (nSPS) is 12.5. The van der Waals surface area contributed by atoms with Crippen LogP contribution in [-0.2, 0) is 12.8 Å². The Morgan fingerprint density at radius 1 is 1.14 bits per heavy atom. The van der Waals surface area contributed by atoms with Gasteiger partial charge in [-0.15, -0.1) is 0 Å². The Morgan fingerprint density at radius 3 is 2.52 bits per heavy atom. The van der Waals surface area contributed by atoms with E-state index in [9.17, 15) is 5.11 Å². The lowest BCUT2D eigenvalue weighted by Gasteiger charge is -2.26. The maximum Gasteiger partial charge on any atom is 0.122 e. The minimum absolute atomic E-state index is 0.377. The molecule has 2 aromatic rings. The Balaban J connectivity index is 2.37. The molecule has 0 fully saturated rings. The van der Waals surface area contributed by atoms with Crippen molar-refractivity contribution in [2.75, 3.05) is 7.11 Å². The molecule has 0 amide bonds. The second-order valence-electron chi connectivity index (χ2n) is 5.59. The van der Waals surface area contributed by atoms with Gasteiger partial charge in [0.15, 0.2) is 0 Å². The van der Waals surface area contributed by atoms with Gasteiger partial charge in [0.1, 0.15) is 11.5 Å². The fourth-order valence-electron chi connectivity index (χ4n) is 3.39. The molecule has 0 bridgehead atoms. The number of phenolic OH excluding ortho intramolecular Hbond substituents is 1. The minimum atomic E-state index is 0.377. The van der Waals surface area contributed by atoms with Gasteiger partial charge in [0.25, 0.3) is 0 Å². The monoisotopic (exact) mass is 280 g/mol. The molecule has 1 N–H and O–H groups in total. The lowest BCUT2D eigenvalue weighted by molar-refractivity contribution is 0.411. The molecular weight excluding hydrogens is 260 g/mol. The maximum atomic E-state index is 9.95. The Labute approximate surface area is 125 Å². The summed E-state index contributed by atoms with van der Waals surface area (Å²) < 4.78 is 5.50. The van der Waals surface area contributed by atoms with Crippen LogP contribution in [-0.4, -0.2) is 12.2 Å². The first kappa shape index (κ1) is 13.7. The number of benzene rings is 2. The van der Waals surface area contributed by atoms with Crippen molar-refractivity contribution in [2.24, 2.45) is 0 Å². The zero-order valence-electron chi connectivity index (χ0n) is 12.8. The van der Waals surface area contributed by atoms with E-state index in [1.807, 2.05) is 19.1 Å². The van der Waals surface area contributed by atoms with Gasteiger partial charge in [0.2, 0.25) is 0 Å². The van der Waals surface area contributed by atoms with Gasteiger partial charge < -0.3 is 9.84 Å². The Hall–Kier alpha value is -2.22. The summed E-state index contributed by atoms with van der Waals surface area (Å²) in [5.41, 5.74) is 8.33. The van der Waals surface area contributed by atoms with Crippen molar-refractivity contribution in [3.8, 4) is 22.6 Å². The summed E-state index contributed by atoms with van der Waals surface area (Å²) in [7, 11) is 1.71. The number of fused-ring (bicyclic) bond motifs is 3. The standard InChI is InChI=1S/C19H20O2/c1-5-13-10-18(21-4)12(3)15-7-6-14-11(2)17(20)9-8-16(14)19(13)15/h5,8-10,20H,1,6-7H2,2-4H3. The molecule has 0 unspecified atom stereocenters. The van der Waals surface area contributed by atoms with Crippen molar-refractivity contribution in [1.29, 1.82) is 0 Å². The van der Waals surface area contributed by atoms with Crippen molar-refractivity contribution < 1.29 is 9.84 Å². The van der Waals surface area contributed by atoms with Crippen molar-refractivity contribution in [3.05, 3.63) is 52.6 Å². The van der Waals surface area contributed by atoms with Crippen LogP contribution in [0.2, 0.25) is 0 Å². The highest BCUT2D eigenvalue weighted by Crippen LogP contribution is 2.43. The zero-order valence-corrected chi connectivity index (χ0v) is 12.8. The summed E-state index contributed by atoms with van der Waals surface area (Å²) in [5, 5.41) is 9.95. The first-order valence-electron chi connectivity index (χ1n) is 7.23. The Bertz CT molecular complexity index is 742. The summed E-state index contributed by atoms with van der Waals surface area (Å²) in [6, 6.07) is 5.86. The molecule has 21 heavy (non-hydrogen) atoms. The van der Waals surface area contributed by atoms with Crippen LogP contribution in [0.25, 0.3) is 17.2 Å². The van der Waals surface area contributed by atoms with Crippen molar-refractivity contribution in [1.82, 2.24) is 0 Å². The van der Waals surface area contributed by atoms with Crippen molar-refractivity contribution in [3.63, 3.8) is 0 Å². The van der Waals surface area contributed by atoms with E-state index in [4.69, 9.17) is 4.74 Å². The molecule has 0 aliphatic heterocycles. The zero-order chi connectivity index (χ0) is 15.1. The molecular formula is C19H20O2. The summed E-state index contributed by atoms with van der Waals surface area (Å²) in [6.45, 7) is 8.06. The smallest absolute Gasteiger partial charge is 0.122 e. The van der Waals surface area contributed by atoms with Gasteiger partial charge in [-0.2, -0.15) is 0 Å². The summed E-state index contributed by atoms with van der Waals surface area (Å²) in [6.07, 6.45) is 3.81. The van der Waals surface area contributed by atoms with Gasteiger partial charge in [-0.3, -0.25) is 0 Å². The topological polar surface area (TPSA) is 29.5 Å². The predicted octanol–water partition coefficient (Wildman–Crippen LogP) is 4.43. The molecule has 2 heteroatoms. The molecule has 1 aliphatic carbocycles. The van der Waals surface area contributed by atoms with Crippen molar-refractivity contribution >= 4 is 6.08 Å². The molecule has 0 heterocycles. The second-order valence-corrected chi connectivity index (χ2v) is 5.59. The third-order valence-corrected chi connectivity index (χ3v) is 4.60. The van der Waals surface area contributed by atoms with E-state index >= 15 is 0 Å². The molecule has 108 valence electrons. The van der Waals surface area contributed by atoms with E-state index in [0.29, 0.717) is 5.75 Å². The average molecular weight is 280 g/mol. The first-order chi connectivity index (χ1) is 10.1. The van der Waals surface area contributed by atoms with Crippen LogP contribution < -0.4 is 4.74 Å². The number of hydrogen-bond acceptors (Lipinski definition) is 2. The molecule has 3 rings (SSSR count). The van der Waals surface area contributed by atoms with Crippen LogP contribution in [0.1, 0.15) is 27.8 Å².